The second kappa shape index (κ2) is 12.2. The van der Waals surface area contributed by atoms with Gasteiger partial charge in [0.05, 0.1) is 17.6 Å². The third-order valence-electron chi connectivity index (χ3n) is 9.95. The zero-order chi connectivity index (χ0) is 32.9. The van der Waals surface area contributed by atoms with Gasteiger partial charge in [0.2, 0.25) is 11.8 Å². The minimum absolute atomic E-state index is 0.121. The Bertz CT molecular complexity index is 1820. The van der Waals surface area contributed by atoms with Gasteiger partial charge in [-0.05, 0) is 74.4 Å². The van der Waals surface area contributed by atoms with E-state index in [1.807, 2.05) is 18.2 Å². The highest BCUT2D eigenvalue weighted by atomic mass is 19.2. The van der Waals surface area contributed by atoms with E-state index in [2.05, 4.69) is 20.6 Å². The Morgan fingerprint density at radius 3 is 2.68 bits per heavy atom. The summed E-state index contributed by atoms with van der Waals surface area (Å²) in [5.41, 5.74) is 1.88. The summed E-state index contributed by atoms with van der Waals surface area (Å²) < 4.78 is 50.2. The molecule has 9 nitrogen and oxygen atoms in total. The number of aromatic nitrogens is 2. The standard InChI is InChI=1S/C35H34F3N5O4/c1-19-23(29-25(36)7-8-26(37)30(29)38)14-27-33(45)43(19)9-3-5-11-47-10-4-2-6-20-12-24-31(40-17-20)42-34(46)35(24)15-21-13-22(32(44)41-27)18-39-28(21)16-35/h2,6-8,12-13,17-19,23,27H,3-5,9-11,14-16H2,1H3,(H,41,44)(H,40,42,46)/b6-2-/t19?,23?,27?,35-/m0/s1. The summed E-state index contributed by atoms with van der Waals surface area (Å²) in [6.45, 7) is 2.88. The molecule has 5 heterocycles. The topological polar surface area (TPSA) is 114 Å². The number of carbonyl (C=O) groups excluding carboxylic acids is 3. The van der Waals surface area contributed by atoms with E-state index in [1.54, 1.807) is 19.2 Å². The van der Waals surface area contributed by atoms with Crippen molar-refractivity contribution >= 4 is 29.6 Å². The second-order valence-electron chi connectivity index (χ2n) is 12.8. The average Bonchev–Trinajstić information content (AvgIpc) is 3.57. The van der Waals surface area contributed by atoms with Crippen LogP contribution in [-0.4, -0.2) is 64.4 Å². The van der Waals surface area contributed by atoms with Gasteiger partial charge in [-0.2, -0.15) is 0 Å². The Morgan fingerprint density at radius 1 is 1.00 bits per heavy atom. The average molecular weight is 646 g/mol. The molecule has 7 rings (SSSR count). The molecule has 3 aromatic rings. The quantitative estimate of drug-likeness (QED) is 0.374. The normalized spacial score (nSPS) is 26.8. The summed E-state index contributed by atoms with van der Waals surface area (Å²) in [6.07, 6.45) is 9.43. The number of halogens is 3. The molecule has 1 spiro atoms. The number of hydrogen-bond acceptors (Lipinski definition) is 6. The van der Waals surface area contributed by atoms with Crippen molar-refractivity contribution in [3.05, 3.63) is 93.7 Å². The third-order valence-corrected chi connectivity index (χ3v) is 9.95. The van der Waals surface area contributed by atoms with Crippen LogP contribution in [-0.2, 0) is 32.6 Å². The van der Waals surface area contributed by atoms with Crippen molar-refractivity contribution in [3.8, 4) is 0 Å². The Labute approximate surface area is 269 Å². The number of fused-ring (bicyclic) bond motifs is 4. The van der Waals surface area contributed by atoms with E-state index in [4.69, 9.17) is 4.74 Å². The number of anilines is 1. The number of nitrogens with one attached hydrogen (secondary N) is 2. The van der Waals surface area contributed by atoms with E-state index in [-0.39, 0.29) is 30.3 Å². The smallest absolute Gasteiger partial charge is 0.253 e. The number of hydrogen-bond donors (Lipinski definition) is 2. The van der Waals surface area contributed by atoms with Crippen LogP contribution in [0.4, 0.5) is 19.0 Å². The molecule has 3 amide bonds. The molecular formula is C35H34F3N5O4. The summed E-state index contributed by atoms with van der Waals surface area (Å²) in [4.78, 5) is 51.4. The number of carbonyl (C=O) groups is 3. The zero-order valence-electron chi connectivity index (χ0n) is 25.8. The number of ether oxygens (including phenoxy) is 1. The van der Waals surface area contributed by atoms with Crippen molar-refractivity contribution in [2.45, 2.75) is 68.9 Å². The monoisotopic (exact) mass is 645 g/mol. The molecule has 1 fully saturated rings. The lowest BCUT2D eigenvalue weighted by Gasteiger charge is -2.43. The summed E-state index contributed by atoms with van der Waals surface area (Å²) >= 11 is 0. The van der Waals surface area contributed by atoms with E-state index in [0.29, 0.717) is 56.8 Å². The lowest BCUT2D eigenvalue weighted by molar-refractivity contribution is -0.139. The van der Waals surface area contributed by atoms with E-state index in [1.165, 1.54) is 11.1 Å². The molecule has 7 bridgehead atoms. The minimum Gasteiger partial charge on any atom is -0.381 e. The Hall–Kier alpha value is -4.58. The summed E-state index contributed by atoms with van der Waals surface area (Å²) in [5, 5.41) is 5.67. The highest BCUT2D eigenvalue weighted by molar-refractivity contribution is 6.06. The van der Waals surface area contributed by atoms with Crippen molar-refractivity contribution in [1.29, 1.82) is 0 Å². The first kappa shape index (κ1) is 31.0. The van der Waals surface area contributed by atoms with Crippen LogP contribution in [0.2, 0.25) is 0 Å². The Balaban J connectivity index is 1.22. The van der Waals surface area contributed by atoms with Gasteiger partial charge in [0.15, 0.2) is 11.6 Å². The van der Waals surface area contributed by atoms with Gasteiger partial charge in [0, 0.05) is 60.7 Å². The largest absolute Gasteiger partial charge is 0.381 e. The van der Waals surface area contributed by atoms with Gasteiger partial charge in [0.25, 0.3) is 5.91 Å². The van der Waals surface area contributed by atoms with Gasteiger partial charge in [-0.25, -0.2) is 18.2 Å². The van der Waals surface area contributed by atoms with Gasteiger partial charge in [-0.1, -0.05) is 12.2 Å². The lowest BCUT2D eigenvalue weighted by Crippen LogP contribution is -2.58. The fourth-order valence-electron chi connectivity index (χ4n) is 7.43. The van der Waals surface area contributed by atoms with Gasteiger partial charge in [-0.15, -0.1) is 0 Å². The molecule has 3 unspecified atom stereocenters. The van der Waals surface area contributed by atoms with Crippen LogP contribution >= 0.6 is 0 Å². The molecule has 4 aliphatic rings. The van der Waals surface area contributed by atoms with Crippen molar-refractivity contribution in [2.24, 2.45) is 0 Å². The Morgan fingerprint density at radius 2 is 1.83 bits per heavy atom. The summed E-state index contributed by atoms with van der Waals surface area (Å²) in [6, 6.07) is 3.47. The molecule has 4 atom stereocenters. The van der Waals surface area contributed by atoms with Crippen molar-refractivity contribution in [3.63, 3.8) is 0 Å². The van der Waals surface area contributed by atoms with Crippen molar-refractivity contribution in [1.82, 2.24) is 20.2 Å². The fraction of sp³-hybridized carbons (Fsp3) is 0.400. The lowest BCUT2D eigenvalue weighted by atomic mass is 9.79. The molecule has 0 radical (unpaired) electrons. The molecule has 0 saturated carbocycles. The Kier molecular flexibility index (Phi) is 8.07. The molecule has 1 aliphatic carbocycles. The second-order valence-corrected chi connectivity index (χ2v) is 12.8. The predicted molar refractivity (Wildman–Crippen MR) is 166 cm³/mol. The molecule has 1 aromatic carbocycles. The maximum absolute atomic E-state index is 15.1. The molecular weight excluding hydrogens is 611 g/mol. The molecule has 2 N–H and O–H groups in total. The SMILES string of the molecule is CC1C(c2c(F)ccc(F)c2F)CC2NC(=O)c3cnc4c(c3)C[C@@]3(C4)C(=O)Nc4ncc(cc43)/C=C\CCOCCCCN1C2=O. The van der Waals surface area contributed by atoms with Gasteiger partial charge in [0.1, 0.15) is 17.7 Å². The van der Waals surface area contributed by atoms with Gasteiger partial charge < -0.3 is 20.3 Å². The first-order valence-corrected chi connectivity index (χ1v) is 15.9. The number of benzene rings is 1. The molecule has 244 valence electrons. The first-order chi connectivity index (χ1) is 22.7. The van der Waals surface area contributed by atoms with Crippen LogP contribution in [0.15, 0.2) is 42.7 Å². The maximum atomic E-state index is 15.1. The number of amides is 3. The fourth-order valence-corrected chi connectivity index (χ4v) is 7.43. The van der Waals surface area contributed by atoms with E-state index >= 15 is 8.78 Å². The van der Waals surface area contributed by atoms with Crippen LogP contribution < -0.4 is 10.6 Å². The van der Waals surface area contributed by atoms with Gasteiger partial charge >= 0.3 is 0 Å². The van der Waals surface area contributed by atoms with Crippen LogP contribution in [0.25, 0.3) is 6.08 Å². The van der Waals surface area contributed by atoms with Crippen molar-refractivity contribution in [2.75, 3.05) is 25.1 Å². The summed E-state index contributed by atoms with van der Waals surface area (Å²) in [5.74, 6) is -4.96. The van der Waals surface area contributed by atoms with Crippen molar-refractivity contribution < 1.29 is 32.3 Å². The van der Waals surface area contributed by atoms with Crippen LogP contribution in [0.1, 0.15) is 76.8 Å². The van der Waals surface area contributed by atoms with Crippen LogP contribution in [0.3, 0.4) is 0 Å². The van der Waals surface area contributed by atoms with Crippen LogP contribution in [0, 0.1) is 17.5 Å². The molecule has 47 heavy (non-hydrogen) atoms. The number of pyridine rings is 2. The molecule has 2 aromatic heterocycles. The molecule has 3 aliphatic heterocycles. The highest BCUT2D eigenvalue weighted by Crippen LogP contribution is 2.46. The number of nitrogens with zero attached hydrogens (tertiary/aromatic N) is 3. The van der Waals surface area contributed by atoms with Crippen LogP contribution in [0.5, 0.6) is 0 Å². The van der Waals surface area contributed by atoms with E-state index in [0.717, 1.165) is 28.8 Å². The molecule has 12 heteroatoms. The number of rotatable bonds is 1. The maximum Gasteiger partial charge on any atom is 0.253 e. The highest BCUT2D eigenvalue weighted by Gasteiger charge is 2.52. The number of piperidine rings is 1. The predicted octanol–water partition coefficient (Wildman–Crippen LogP) is 4.60. The van der Waals surface area contributed by atoms with E-state index < -0.39 is 52.3 Å². The van der Waals surface area contributed by atoms with Gasteiger partial charge in [-0.3, -0.25) is 19.4 Å². The molecule has 1 saturated heterocycles. The third kappa shape index (κ3) is 5.48. The first-order valence-electron chi connectivity index (χ1n) is 15.9. The minimum atomic E-state index is -1.30. The zero-order valence-corrected chi connectivity index (χ0v) is 25.8. The summed E-state index contributed by atoms with van der Waals surface area (Å²) in [7, 11) is 0. The van der Waals surface area contributed by atoms with E-state index in [9.17, 15) is 18.8 Å².